The predicted molar refractivity (Wildman–Crippen MR) is 5.40 cm³/mol. The number of rotatable bonds is 0. The second-order valence-electron chi connectivity index (χ2n) is 0.250. The van der Waals surface area contributed by atoms with Crippen LogP contribution in [0, 0.1) is 0 Å². The van der Waals surface area contributed by atoms with Gasteiger partial charge in [-0.2, -0.15) is 0 Å². The van der Waals surface area contributed by atoms with Crippen LogP contribution >= 0.6 is 0 Å². The number of hydrogen-bond donors (Lipinski definition) is 0. The van der Waals surface area contributed by atoms with Crippen LogP contribution in [0.1, 0.15) is 0 Å². The van der Waals surface area contributed by atoms with Crippen molar-refractivity contribution in [3.05, 3.63) is 0 Å². The third-order valence-corrected chi connectivity index (χ3v) is 0. The SMILES string of the molecule is O=C([O-])[O-].[Cl-].[K+].[K+].[K+]. The van der Waals surface area contributed by atoms with E-state index in [1.54, 1.807) is 0 Å². The molecule has 0 N–H and O–H groups in total. The molecule has 0 unspecified atom stereocenters. The van der Waals surface area contributed by atoms with E-state index in [9.17, 15) is 0 Å². The Morgan fingerprint density at radius 1 is 1.00 bits per heavy atom. The van der Waals surface area contributed by atoms with Crippen molar-refractivity contribution in [1.29, 1.82) is 0 Å². The molecule has 0 fully saturated rings. The summed E-state index contributed by atoms with van der Waals surface area (Å²) in [6, 6.07) is 0. The van der Waals surface area contributed by atoms with Crippen LogP contribution in [0.15, 0.2) is 0 Å². The Bertz CT molecular complexity index is 37.5. The molecule has 0 saturated carbocycles. The van der Waals surface area contributed by atoms with E-state index >= 15 is 0 Å². The first-order valence-corrected chi connectivity index (χ1v) is 0.612. The van der Waals surface area contributed by atoms with Crippen molar-refractivity contribution in [2.45, 2.75) is 0 Å². The minimum Gasteiger partial charge on any atom is -1.00 e. The second kappa shape index (κ2) is 22.5. The van der Waals surface area contributed by atoms with E-state index in [0.717, 1.165) is 0 Å². The van der Waals surface area contributed by atoms with Crippen molar-refractivity contribution < 1.29 is 182 Å². The number of carbonyl (C=O) groups is 1. The van der Waals surface area contributed by atoms with Gasteiger partial charge in [0.05, 0.1) is 0 Å². The van der Waals surface area contributed by atoms with Gasteiger partial charge in [0.2, 0.25) is 0 Å². The molecule has 0 saturated heterocycles. The van der Waals surface area contributed by atoms with Crippen LogP contribution in [0.5, 0.6) is 0 Å². The molecule has 8 heavy (non-hydrogen) atoms. The van der Waals surface area contributed by atoms with Crippen molar-refractivity contribution in [3.8, 4) is 0 Å². The van der Waals surface area contributed by atoms with Crippen LogP contribution in [-0.4, -0.2) is 6.16 Å². The summed E-state index contributed by atoms with van der Waals surface area (Å²) < 4.78 is 0. The quantitative estimate of drug-likeness (QED) is 0.375. The van der Waals surface area contributed by atoms with Crippen LogP contribution in [-0.2, 0) is 0 Å². The van der Waals surface area contributed by atoms with Crippen molar-refractivity contribution in [1.82, 2.24) is 0 Å². The van der Waals surface area contributed by atoms with E-state index in [2.05, 4.69) is 0 Å². The number of halogens is 1. The molecule has 0 amide bonds. The monoisotopic (exact) mass is 212 g/mol. The molecular weight excluding hydrogens is 213 g/mol. The third kappa shape index (κ3) is 47.0. The first-order chi connectivity index (χ1) is 1.73. The zero-order chi connectivity index (χ0) is 3.58. The van der Waals surface area contributed by atoms with Gasteiger partial charge in [-0.05, 0) is 6.16 Å². The average molecular weight is 213 g/mol. The Morgan fingerprint density at radius 3 is 1.00 bits per heavy atom. The molecule has 0 aliphatic carbocycles. The first kappa shape index (κ1) is 29.4. The molecule has 7 heteroatoms. The van der Waals surface area contributed by atoms with E-state index in [1.165, 1.54) is 0 Å². The molecule has 0 aliphatic heterocycles. The van der Waals surface area contributed by atoms with E-state index < -0.39 is 6.16 Å². The Kier molecular flexibility index (Phi) is 82.8. The molecule has 0 aromatic heterocycles. The first-order valence-electron chi connectivity index (χ1n) is 0.612. The average Bonchev–Trinajstić information content (AvgIpc) is 0.811. The maximum Gasteiger partial charge on any atom is 1.00 e. The molecule has 0 spiro atoms. The van der Waals surface area contributed by atoms with Gasteiger partial charge < -0.3 is 27.4 Å². The van der Waals surface area contributed by atoms with Crippen LogP contribution in [0.25, 0.3) is 0 Å². The summed E-state index contributed by atoms with van der Waals surface area (Å²) in [6.07, 6.45) is -2.33. The maximum absolute atomic E-state index is 8.33. The summed E-state index contributed by atoms with van der Waals surface area (Å²) in [4.78, 5) is 8.33. The molecular formula is CClK3O3. The molecule has 32 valence electrons. The Hall–Kier alpha value is 4.47. The smallest absolute Gasteiger partial charge is 1.00 e. The molecule has 0 aromatic rings. The van der Waals surface area contributed by atoms with E-state index in [-0.39, 0.29) is 167 Å². The van der Waals surface area contributed by atoms with Gasteiger partial charge in [0.25, 0.3) is 0 Å². The second-order valence-corrected chi connectivity index (χ2v) is 0.250. The van der Waals surface area contributed by atoms with Crippen molar-refractivity contribution in [2.24, 2.45) is 0 Å². The van der Waals surface area contributed by atoms with Crippen LogP contribution in [0.2, 0.25) is 0 Å². The minimum atomic E-state index is -2.33. The summed E-state index contributed by atoms with van der Waals surface area (Å²) in [5.41, 5.74) is 0. The van der Waals surface area contributed by atoms with Gasteiger partial charge >= 0.3 is 154 Å². The third-order valence-electron chi connectivity index (χ3n) is 0. The van der Waals surface area contributed by atoms with Gasteiger partial charge in [-0.15, -0.1) is 0 Å². The Morgan fingerprint density at radius 2 is 1.00 bits per heavy atom. The van der Waals surface area contributed by atoms with Crippen LogP contribution < -0.4 is 177 Å². The Labute approximate surface area is 181 Å². The molecule has 3 nitrogen and oxygen atoms in total. The normalized spacial score (nSPS) is 3.00. The largest absolute Gasteiger partial charge is 1.00 e. The molecule has 0 rings (SSSR count). The van der Waals surface area contributed by atoms with Crippen molar-refractivity contribution in [2.75, 3.05) is 0 Å². The van der Waals surface area contributed by atoms with Gasteiger partial charge in [0.15, 0.2) is 0 Å². The topological polar surface area (TPSA) is 63.2 Å². The van der Waals surface area contributed by atoms with E-state index in [1.807, 2.05) is 0 Å². The zero-order valence-corrected chi connectivity index (χ0v) is 15.2. The Balaban J connectivity index is -0.00000000750. The number of carboxylic acid groups (broad SMARTS) is 2. The molecule has 0 aliphatic rings. The minimum absolute atomic E-state index is 0. The molecule has 0 aromatic carbocycles. The fourth-order valence-electron chi connectivity index (χ4n) is 0. The van der Waals surface area contributed by atoms with Gasteiger partial charge in [-0.3, -0.25) is 0 Å². The van der Waals surface area contributed by atoms with Crippen molar-refractivity contribution >= 4 is 6.16 Å². The number of carbonyl (C=O) groups excluding carboxylic acids is 1. The van der Waals surface area contributed by atoms with Gasteiger partial charge in [-0.25, -0.2) is 0 Å². The van der Waals surface area contributed by atoms with Crippen molar-refractivity contribution in [3.63, 3.8) is 0 Å². The molecule has 0 bridgehead atoms. The summed E-state index contributed by atoms with van der Waals surface area (Å²) >= 11 is 0. The maximum atomic E-state index is 8.33. The van der Waals surface area contributed by atoms with E-state index in [0.29, 0.717) is 0 Å². The van der Waals surface area contributed by atoms with Crippen LogP contribution in [0.3, 0.4) is 0 Å². The predicted octanol–water partition coefficient (Wildman–Crippen LogP) is -14.4. The van der Waals surface area contributed by atoms with Gasteiger partial charge in [-0.1, -0.05) is 0 Å². The van der Waals surface area contributed by atoms with Crippen LogP contribution in [0.4, 0.5) is 4.79 Å². The summed E-state index contributed by atoms with van der Waals surface area (Å²) in [5, 5.41) is 16.7. The summed E-state index contributed by atoms with van der Waals surface area (Å²) in [5.74, 6) is 0. The fraction of sp³-hybridized carbons (Fsp3) is 0. The molecule has 0 atom stereocenters. The summed E-state index contributed by atoms with van der Waals surface area (Å²) in [6.45, 7) is 0. The number of hydrogen-bond acceptors (Lipinski definition) is 3. The van der Waals surface area contributed by atoms with Gasteiger partial charge in [0, 0.05) is 0 Å². The van der Waals surface area contributed by atoms with Gasteiger partial charge in [0.1, 0.15) is 0 Å². The van der Waals surface area contributed by atoms with E-state index in [4.69, 9.17) is 15.0 Å². The standard InChI is InChI=1S/CH2O3.ClH.3K/c2-1(3)4;;;;/h(H2,2,3,4);1H;;;/q;;3*+1/p-3. The fourth-order valence-corrected chi connectivity index (χ4v) is 0. The molecule has 0 radical (unpaired) electrons. The zero-order valence-electron chi connectivity index (χ0n) is 5.10. The summed E-state index contributed by atoms with van der Waals surface area (Å²) in [7, 11) is 0. The molecule has 0 heterocycles.